The number of urea groups is 1. The minimum absolute atomic E-state index is 0.0150. The lowest BCUT2D eigenvalue weighted by Gasteiger charge is -2.57. The Bertz CT molecular complexity index is 1290. The van der Waals surface area contributed by atoms with Gasteiger partial charge >= 0.3 is 6.03 Å². The van der Waals surface area contributed by atoms with E-state index in [9.17, 15) is 14.7 Å². The predicted molar refractivity (Wildman–Crippen MR) is 171 cm³/mol. The number of benzene rings is 1. The maximum Gasteiger partial charge on any atom is 0.320 e. The Morgan fingerprint density at radius 3 is 2.11 bits per heavy atom. The van der Waals surface area contributed by atoms with Crippen molar-refractivity contribution in [3.05, 3.63) is 30.5 Å². The molecule has 4 bridgehead atoms. The van der Waals surface area contributed by atoms with Crippen molar-refractivity contribution in [2.75, 3.05) is 39.3 Å². The van der Waals surface area contributed by atoms with Crippen LogP contribution in [0.5, 0.6) is 5.75 Å². The fraction of sp³-hybridized carbons (Fsp3) is 0.722. The molecule has 6 aliphatic rings. The maximum absolute atomic E-state index is 13.9. The number of hydrogen-bond acceptors (Lipinski definition) is 4. The summed E-state index contributed by atoms with van der Waals surface area (Å²) in [6.45, 7) is 7.77. The number of aliphatic hydroxyl groups excluding tert-OH is 1. The minimum atomic E-state index is -0.778. The summed E-state index contributed by atoms with van der Waals surface area (Å²) < 4.78 is 5.96. The average Bonchev–Trinajstić information content (AvgIpc) is 3.51. The van der Waals surface area contributed by atoms with Crippen LogP contribution in [0.2, 0.25) is 0 Å². The van der Waals surface area contributed by atoms with Gasteiger partial charge < -0.3 is 29.5 Å². The third-order valence-electron chi connectivity index (χ3n) is 12.1. The molecular formula is C36H52N4O4. The van der Waals surface area contributed by atoms with Gasteiger partial charge in [0, 0.05) is 49.3 Å². The number of hydrogen-bond donors (Lipinski definition) is 2. The Morgan fingerprint density at radius 2 is 1.52 bits per heavy atom. The Balaban J connectivity index is 0.872. The molecule has 1 aromatic heterocycles. The molecule has 0 unspecified atom stereocenters. The summed E-state index contributed by atoms with van der Waals surface area (Å²) >= 11 is 0. The molecule has 8 rings (SSSR count). The zero-order valence-corrected chi connectivity index (χ0v) is 26.8. The highest BCUT2D eigenvalue weighted by Gasteiger charge is 2.55. The van der Waals surface area contributed by atoms with Gasteiger partial charge in [-0.25, -0.2) is 4.79 Å². The lowest BCUT2D eigenvalue weighted by Crippen LogP contribution is -2.56. The molecule has 8 heteroatoms. The number of nitrogens with one attached hydrogen (secondary N) is 1. The van der Waals surface area contributed by atoms with Crippen molar-refractivity contribution >= 4 is 22.8 Å². The molecule has 3 heterocycles. The molecule has 44 heavy (non-hydrogen) atoms. The van der Waals surface area contributed by atoms with Gasteiger partial charge in [-0.3, -0.25) is 4.79 Å². The number of carbonyl (C=O) groups is 2. The van der Waals surface area contributed by atoms with E-state index < -0.39 is 6.10 Å². The minimum Gasteiger partial charge on any atom is -0.490 e. The standard InChI is InChI=1S/C36H52N4O4/c1-24(2)40(22-30(41)23-44-33-5-3-4-32-31(33)6-11-37-32)35(43)39-14-9-29(10-15-39)28-7-12-38(13-8-28)34(42)36-19-25-16-26(20-36)18-27(17-25)21-36/h3-6,11,24-30,37,41H,7-10,12-23H2,1-2H3/t25?,26?,27?,30-,36?/m1/s1. The van der Waals surface area contributed by atoms with E-state index in [1.54, 1.807) is 4.90 Å². The van der Waals surface area contributed by atoms with E-state index in [0.717, 1.165) is 106 Å². The SMILES string of the molecule is CC(C)N(C[C@@H](O)COc1cccc2[nH]ccc12)C(=O)N1CCC(C2CCN(C(=O)C34CC5CC(CC(C5)C3)C4)CC2)CC1. The first-order valence-corrected chi connectivity index (χ1v) is 17.5. The second-order valence-corrected chi connectivity index (χ2v) is 15.3. The normalized spacial score (nSPS) is 29.9. The Labute approximate surface area is 262 Å². The van der Waals surface area contributed by atoms with E-state index in [1.165, 1.54) is 19.3 Å². The van der Waals surface area contributed by atoms with Gasteiger partial charge in [0.2, 0.25) is 5.91 Å². The van der Waals surface area contributed by atoms with E-state index in [2.05, 4.69) is 9.88 Å². The fourth-order valence-corrected chi connectivity index (χ4v) is 10.2. The average molecular weight is 605 g/mol. The van der Waals surface area contributed by atoms with Gasteiger partial charge in [0.05, 0.1) is 12.0 Å². The number of aromatic amines is 1. The summed E-state index contributed by atoms with van der Waals surface area (Å²) in [5, 5.41) is 11.8. The topological polar surface area (TPSA) is 89.1 Å². The van der Waals surface area contributed by atoms with Crippen LogP contribution >= 0.6 is 0 Å². The summed E-state index contributed by atoms with van der Waals surface area (Å²) in [5.74, 6) is 4.93. The molecule has 2 N–H and O–H groups in total. The molecule has 2 aromatic rings. The summed E-state index contributed by atoms with van der Waals surface area (Å²) in [7, 11) is 0. The van der Waals surface area contributed by atoms with Gasteiger partial charge in [-0.05, 0) is 126 Å². The van der Waals surface area contributed by atoms with Crippen LogP contribution in [-0.4, -0.2) is 88.2 Å². The highest BCUT2D eigenvalue weighted by atomic mass is 16.5. The summed E-state index contributed by atoms with van der Waals surface area (Å²) in [6, 6.07) is 7.80. The molecular weight excluding hydrogens is 552 g/mol. The van der Waals surface area contributed by atoms with Crippen molar-refractivity contribution in [1.29, 1.82) is 0 Å². The second kappa shape index (κ2) is 12.2. The molecule has 240 valence electrons. The zero-order chi connectivity index (χ0) is 30.4. The van der Waals surface area contributed by atoms with Crippen molar-refractivity contribution in [2.24, 2.45) is 35.0 Å². The Kier molecular flexibility index (Phi) is 8.32. The molecule has 4 saturated carbocycles. The first-order valence-electron chi connectivity index (χ1n) is 17.5. The number of piperidine rings is 2. The number of H-pyrrole nitrogens is 1. The first kappa shape index (κ1) is 29.9. The number of nitrogens with zero attached hydrogens (tertiary/aromatic N) is 3. The number of aromatic nitrogens is 1. The van der Waals surface area contributed by atoms with Crippen LogP contribution in [0.15, 0.2) is 30.5 Å². The van der Waals surface area contributed by atoms with Crippen molar-refractivity contribution in [3.63, 3.8) is 0 Å². The number of likely N-dealkylation sites (tertiary alicyclic amines) is 2. The number of fused-ring (bicyclic) bond motifs is 1. The smallest absolute Gasteiger partial charge is 0.320 e. The van der Waals surface area contributed by atoms with Crippen molar-refractivity contribution in [1.82, 2.24) is 19.7 Å². The summed E-state index contributed by atoms with van der Waals surface area (Å²) in [5.41, 5.74) is 0.974. The van der Waals surface area contributed by atoms with Crippen LogP contribution in [0.4, 0.5) is 4.79 Å². The summed E-state index contributed by atoms with van der Waals surface area (Å²) in [6.07, 6.45) is 13.0. The maximum atomic E-state index is 13.9. The zero-order valence-electron chi connectivity index (χ0n) is 26.8. The molecule has 2 saturated heterocycles. The molecule has 3 amide bonds. The number of ether oxygens (including phenoxy) is 1. The van der Waals surface area contributed by atoms with E-state index in [4.69, 9.17) is 4.74 Å². The quantitative estimate of drug-likeness (QED) is 0.393. The van der Waals surface area contributed by atoms with Crippen molar-refractivity contribution in [3.8, 4) is 5.75 Å². The molecule has 6 fully saturated rings. The third-order valence-corrected chi connectivity index (χ3v) is 12.1. The number of rotatable bonds is 8. The van der Waals surface area contributed by atoms with Gasteiger partial charge in [0.1, 0.15) is 18.5 Å². The first-order chi connectivity index (χ1) is 21.3. The van der Waals surface area contributed by atoms with Crippen LogP contribution in [0.1, 0.15) is 78.1 Å². The van der Waals surface area contributed by atoms with Crippen LogP contribution < -0.4 is 4.74 Å². The molecule has 8 nitrogen and oxygen atoms in total. The molecule has 0 spiro atoms. The number of amides is 3. The van der Waals surface area contributed by atoms with Gasteiger partial charge in [0.15, 0.2) is 0 Å². The van der Waals surface area contributed by atoms with Gasteiger partial charge in [0.25, 0.3) is 0 Å². The van der Waals surface area contributed by atoms with Crippen molar-refractivity contribution < 1.29 is 19.4 Å². The number of aliphatic hydroxyl groups is 1. The fourth-order valence-electron chi connectivity index (χ4n) is 10.2. The Hall–Kier alpha value is -2.74. The van der Waals surface area contributed by atoms with E-state index in [-0.39, 0.29) is 30.6 Å². The van der Waals surface area contributed by atoms with Crippen LogP contribution in [0.25, 0.3) is 10.9 Å². The molecule has 1 aromatic carbocycles. The second-order valence-electron chi connectivity index (χ2n) is 15.3. The van der Waals surface area contributed by atoms with Crippen molar-refractivity contribution in [2.45, 2.75) is 90.2 Å². The number of carbonyl (C=O) groups excluding carboxylic acids is 2. The van der Waals surface area contributed by atoms with E-state index in [1.807, 2.05) is 49.2 Å². The predicted octanol–water partition coefficient (Wildman–Crippen LogP) is 5.91. The van der Waals surface area contributed by atoms with E-state index >= 15 is 0 Å². The van der Waals surface area contributed by atoms with Crippen LogP contribution in [0.3, 0.4) is 0 Å². The lowest BCUT2D eigenvalue weighted by molar-refractivity contribution is -0.159. The summed E-state index contributed by atoms with van der Waals surface area (Å²) in [4.78, 5) is 36.7. The molecule has 4 aliphatic carbocycles. The third kappa shape index (κ3) is 5.83. The Morgan fingerprint density at radius 1 is 0.932 bits per heavy atom. The van der Waals surface area contributed by atoms with Gasteiger partial charge in [-0.2, -0.15) is 0 Å². The monoisotopic (exact) mass is 604 g/mol. The highest BCUT2D eigenvalue weighted by molar-refractivity contribution is 5.85. The van der Waals surface area contributed by atoms with Gasteiger partial charge in [-0.15, -0.1) is 0 Å². The van der Waals surface area contributed by atoms with Gasteiger partial charge in [-0.1, -0.05) is 6.07 Å². The molecule has 2 aliphatic heterocycles. The molecule has 0 radical (unpaired) electrons. The van der Waals surface area contributed by atoms with Crippen LogP contribution in [-0.2, 0) is 4.79 Å². The lowest BCUT2D eigenvalue weighted by atomic mass is 9.49. The largest absolute Gasteiger partial charge is 0.490 e. The van der Waals surface area contributed by atoms with Crippen LogP contribution in [0, 0.1) is 35.0 Å². The highest BCUT2D eigenvalue weighted by Crippen LogP contribution is 2.60. The van der Waals surface area contributed by atoms with E-state index in [0.29, 0.717) is 17.7 Å². The molecule has 1 atom stereocenters.